The predicted molar refractivity (Wildman–Crippen MR) is 86.1 cm³/mol. The first-order valence-electron chi connectivity index (χ1n) is 6.20. The fourth-order valence-electron chi connectivity index (χ4n) is 1.93. The summed E-state index contributed by atoms with van der Waals surface area (Å²) in [6.45, 7) is 1.84. The molecule has 22 heavy (non-hydrogen) atoms. The topological polar surface area (TPSA) is 63.5 Å². The van der Waals surface area contributed by atoms with Crippen molar-refractivity contribution in [1.29, 1.82) is 0 Å². The number of nitrogens with one attached hydrogen (secondary N) is 1. The van der Waals surface area contributed by atoms with Gasteiger partial charge in [0.1, 0.15) is 11.4 Å². The second kappa shape index (κ2) is 5.62. The molecule has 0 fully saturated rings. The van der Waals surface area contributed by atoms with E-state index >= 15 is 0 Å². The highest BCUT2D eigenvalue weighted by molar-refractivity contribution is 9.10. The summed E-state index contributed by atoms with van der Waals surface area (Å²) in [5.41, 5.74) is -0.624. The second-order valence-electron chi connectivity index (χ2n) is 4.55. The third-order valence-electron chi connectivity index (χ3n) is 2.95. The maximum absolute atomic E-state index is 13.7. The number of carbonyl (C=O) groups is 1. The molecule has 0 saturated heterocycles. The third-order valence-corrected chi connectivity index (χ3v) is 4.35. The number of aromatic nitrogens is 2. The zero-order valence-electron chi connectivity index (χ0n) is 11.3. The van der Waals surface area contributed by atoms with Crippen molar-refractivity contribution in [2.24, 2.45) is 0 Å². The van der Waals surface area contributed by atoms with Gasteiger partial charge in [-0.2, -0.15) is 0 Å². The van der Waals surface area contributed by atoms with Crippen molar-refractivity contribution in [3.8, 4) is 0 Å². The predicted octanol–water partition coefficient (Wildman–Crippen LogP) is 3.22. The molecule has 2 heterocycles. The molecule has 0 aliphatic heterocycles. The monoisotopic (exact) mass is 381 g/mol. The highest BCUT2D eigenvalue weighted by Gasteiger charge is 2.16. The Bertz CT molecular complexity index is 951. The van der Waals surface area contributed by atoms with E-state index in [0.717, 1.165) is 4.88 Å². The lowest BCUT2D eigenvalue weighted by atomic mass is 10.2. The van der Waals surface area contributed by atoms with Crippen LogP contribution in [-0.2, 0) is 0 Å². The zero-order valence-corrected chi connectivity index (χ0v) is 13.7. The molecule has 5 nitrogen and oxygen atoms in total. The Morgan fingerprint density at radius 3 is 2.95 bits per heavy atom. The second-order valence-corrected chi connectivity index (χ2v) is 6.68. The Morgan fingerprint density at radius 2 is 2.23 bits per heavy atom. The summed E-state index contributed by atoms with van der Waals surface area (Å²) in [4.78, 5) is 30.0. The van der Waals surface area contributed by atoms with Gasteiger partial charge >= 0.3 is 0 Å². The summed E-state index contributed by atoms with van der Waals surface area (Å²) in [7, 11) is 0. The normalized spacial score (nSPS) is 10.9. The number of carbonyl (C=O) groups excluding carboxylic acids is 1. The van der Waals surface area contributed by atoms with Gasteiger partial charge in [-0.3, -0.25) is 14.0 Å². The van der Waals surface area contributed by atoms with E-state index in [1.54, 1.807) is 12.3 Å². The Labute approximate surface area is 136 Å². The number of fused-ring (bicyclic) bond motifs is 1. The fourth-order valence-corrected chi connectivity index (χ4v) is 3.05. The van der Waals surface area contributed by atoms with E-state index < -0.39 is 17.3 Å². The number of amides is 1. The smallest absolute Gasteiger partial charge is 0.271 e. The van der Waals surface area contributed by atoms with Crippen molar-refractivity contribution in [3.05, 3.63) is 61.7 Å². The van der Waals surface area contributed by atoms with Crippen molar-refractivity contribution in [2.45, 2.75) is 6.92 Å². The van der Waals surface area contributed by atoms with Gasteiger partial charge in [-0.25, -0.2) is 9.37 Å². The molecule has 0 radical (unpaired) electrons. The van der Waals surface area contributed by atoms with Crippen LogP contribution in [0.3, 0.4) is 0 Å². The van der Waals surface area contributed by atoms with Gasteiger partial charge in [0, 0.05) is 21.7 Å². The average Bonchev–Trinajstić information content (AvgIpc) is 2.84. The third kappa shape index (κ3) is 2.67. The van der Waals surface area contributed by atoms with Gasteiger partial charge in [0.25, 0.3) is 11.5 Å². The molecular weight excluding hydrogens is 373 g/mol. The molecule has 0 spiro atoms. The lowest BCUT2D eigenvalue weighted by molar-refractivity contribution is 0.102. The summed E-state index contributed by atoms with van der Waals surface area (Å²) in [5.74, 6) is -1.29. The molecule has 0 aliphatic carbocycles. The van der Waals surface area contributed by atoms with Crippen LogP contribution in [0, 0.1) is 12.7 Å². The largest absolute Gasteiger partial charge is 0.319 e. The summed E-state index contributed by atoms with van der Waals surface area (Å²) >= 11 is 4.48. The highest BCUT2D eigenvalue weighted by atomic mass is 79.9. The molecule has 0 atom stereocenters. The van der Waals surface area contributed by atoms with Crippen molar-refractivity contribution in [3.63, 3.8) is 0 Å². The van der Waals surface area contributed by atoms with E-state index in [-0.39, 0.29) is 11.3 Å². The van der Waals surface area contributed by atoms with Crippen molar-refractivity contribution in [2.75, 3.05) is 5.32 Å². The van der Waals surface area contributed by atoms with Crippen LogP contribution in [0.2, 0.25) is 0 Å². The molecule has 1 N–H and O–H groups in total. The van der Waals surface area contributed by atoms with E-state index in [9.17, 15) is 14.0 Å². The lowest BCUT2D eigenvalue weighted by Gasteiger charge is -2.06. The van der Waals surface area contributed by atoms with Gasteiger partial charge in [-0.05, 0) is 25.1 Å². The molecular formula is C14H9BrFN3O2S. The Morgan fingerprint density at radius 1 is 1.45 bits per heavy atom. The summed E-state index contributed by atoms with van der Waals surface area (Å²) in [6, 6.07) is 4.23. The van der Waals surface area contributed by atoms with Gasteiger partial charge in [0.2, 0.25) is 0 Å². The minimum atomic E-state index is -0.697. The lowest BCUT2D eigenvalue weighted by Crippen LogP contribution is -2.26. The maximum atomic E-state index is 13.7. The van der Waals surface area contributed by atoms with Gasteiger partial charge < -0.3 is 5.32 Å². The summed E-state index contributed by atoms with van der Waals surface area (Å²) in [6.07, 6.45) is 2.83. The van der Waals surface area contributed by atoms with Gasteiger partial charge in [-0.15, -0.1) is 11.3 Å². The van der Waals surface area contributed by atoms with Crippen LogP contribution >= 0.6 is 27.3 Å². The number of halogens is 2. The van der Waals surface area contributed by atoms with Crippen LogP contribution < -0.4 is 10.9 Å². The molecule has 8 heteroatoms. The number of rotatable bonds is 2. The zero-order chi connectivity index (χ0) is 15.9. The number of thiazole rings is 1. The van der Waals surface area contributed by atoms with Crippen LogP contribution in [-0.4, -0.2) is 15.3 Å². The Balaban J connectivity index is 1.98. The van der Waals surface area contributed by atoms with E-state index in [1.807, 2.05) is 6.92 Å². The first-order chi connectivity index (χ1) is 10.5. The Hall–Kier alpha value is -2.06. The van der Waals surface area contributed by atoms with Gasteiger partial charge in [0.05, 0.1) is 5.69 Å². The quantitative estimate of drug-likeness (QED) is 0.741. The van der Waals surface area contributed by atoms with Crippen LogP contribution in [0.15, 0.2) is 39.9 Å². The first-order valence-corrected chi connectivity index (χ1v) is 7.81. The SMILES string of the molecule is Cc1cn2c(=O)c(C(=O)Nc3ccc(Br)cc3F)cnc2s1. The van der Waals surface area contributed by atoms with Crippen molar-refractivity contribution < 1.29 is 9.18 Å². The van der Waals surface area contributed by atoms with Gasteiger partial charge in [-0.1, -0.05) is 15.9 Å². The Kier molecular flexibility index (Phi) is 3.79. The fraction of sp³-hybridized carbons (Fsp3) is 0.0714. The van der Waals surface area contributed by atoms with Gasteiger partial charge in [0.15, 0.2) is 4.96 Å². The molecule has 0 bridgehead atoms. The van der Waals surface area contributed by atoms with Crippen molar-refractivity contribution in [1.82, 2.24) is 9.38 Å². The van der Waals surface area contributed by atoms with Crippen LogP contribution in [0.1, 0.15) is 15.2 Å². The first kappa shape index (κ1) is 14.9. The van der Waals surface area contributed by atoms with Crippen molar-refractivity contribution >= 4 is 43.8 Å². The van der Waals surface area contributed by atoms with Crippen LogP contribution in [0.5, 0.6) is 0 Å². The molecule has 0 saturated carbocycles. The number of hydrogen-bond acceptors (Lipinski definition) is 4. The molecule has 3 rings (SSSR count). The standard InChI is InChI=1S/C14H9BrFN3O2S/c1-7-6-19-13(21)9(5-17-14(19)22-7)12(20)18-11-3-2-8(15)4-10(11)16/h2-6H,1H3,(H,18,20). The van der Waals surface area contributed by atoms with Crippen LogP contribution in [0.25, 0.3) is 4.96 Å². The maximum Gasteiger partial charge on any atom is 0.271 e. The molecule has 1 amide bonds. The molecule has 3 aromatic rings. The number of anilines is 1. The summed E-state index contributed by atoms with van der Waals surface area (Å²) in [5, 5.41) is 2.38. The van der Waals surface area contributed by atoms with E-state index in [1.165, 1.54) is 34.1 Å². The van der Waals surface area contributed by atoms with E-state index in [4.69, 9.17) is 0 Å². The molecule has 2 aromatic heterocycles. The van der Waals surface area contributed by atoms with Crippen LogP contribution in [0.4, 0.5) is 10.1 Å². The minimum Gasteiger partial charge on any atom is -0.319 e. The summed E-state index contributed by atoms with van der Waals surface area (Å²) < 4.78 is 15.6. The number of benzene rings is 1. The molecule has 0 aliphatic rings. The number of hydrogen-bond donors (Lipinski definition) is 1. The number of aryl methyl sites for hydroxylation is 1. The minimum absolute atomic E-state index is 0.000744. The van der Waals surface area contributed by atoms with E-state index in [0.29, 0.717) is 9.43 Å². The molecule has 112 valence electrons. The molecule has 1 aromatic carbocycles. The average molecular weight is 382 g/mol. The highest BCUT2D eigenvalue weighted by Crippen LogP contribution is 2.20. The van der Waals surface area contributed by atoms with E-state index in [2.05, 4.69) is 26.2 Å². The molecule has 0 unspecified atom stereocenters. The number of nitrogens with zero attached hydrogens (tertiary/aromatic N) is 2.